The van der Waals surface area contributed by atoms with Crippen LogP contribution in [0.5, 0.6) is 0 Å². The summed E-state index contributed by atoms with van der Waals surface area (Å²) in [5.74, 6) is 1.46. The van der Waals surface area contributed by atoms with Crippen LogP contribution in [0, 0.1) is 0 Å². The smallest absolute Gasteiger partial charge is 0.409 e. The van der Waals surface area contributed by atoms with Crippen molar-refractivity contribution in [1.29, 1.82) is 0 Å². The second kappa shape index (κ2) is 6.05. The Morgan fingerprint density at radius 3 is 2.76 bits per heavy atom. The van der Waals surface area contributed by atoms with Crippen LogP contribution in [0.15, 0.2) is 23.4 Å². The van der Waals surface area contributed by atoms with Crippen LogP contribution in [-0.4, -0.2) is 35.1 Å². The van der Waals surface area contributed by atoms with E-state index in [4.69, 9.17) is 10.9 Å². The Labute approximate surface area is 124 Å². The molecule has 1 aliphatic rings. The van der Waals surface area contributed by atoms with E-state index in [0.717, 1.165) is 23.6 Å². The standard InChI is InChI=1S/C13H16F3N3OS/c1-8-7-21-5-4-19(8)11-3-2-9(13(14,15)16)6-10(11)12(17)18-20/h2-3,6,8,20H,4-5,7H2,1H3,(H2,17,18). The third-order valence-electron chi connectivity index (χ3n) is 3.38. The van der Waals surface area contributed by atoms with Crippen LogP contribution in [0.3, 0.4) is 0 Å². The molecule has 3 N–H and O–H groups in total. The van der Waals surface area contributed by atoms with Gasteiger partial charge in [-0.1, -0.05) is 5.16 Å². The van der Waals surface area contributed by atoms with E-state index in [1.54, 1.807) is 11.8 Å². The zero-order valence-corrected chi connectivity index (χ0v) is 12.2. The molecule has 1 aliphatic heterocycles. The second-order valence-corrected chi connectivity index (χ2v) is 5.98. The summed E-state index contributed by atoms with van der Waals surface area (Å²) in [5, 5.41) is 11.7. The van der Waals surface area contributed by atoms with Crippen molar-refractivity contribution in [2.45, 2.75) is 19.1 Å². The van der Waals surface area contributed by atoms with Crippen molar-refractivity contribution in [3.8, 4) is 0 Å². The number of anilines is 1. The summed E-state index contributed by atoms with van der Waals surface area (Å²) < 4.78 is 38.5. The van der Waals surface area contributed by atoms with Crippen LogP contribution >= 0.6 is 11.8 Å². The molecule has 1 aromatic carbocycles. The molecule has 1 fully saturated rings. The Morgan fingerprint density at radius 2 is 2.19 bits per heavy atom. The highest BCUT2D eigenvalue weighted by molar-refractivity contribution is 7.99. The quantitative estimate of drug-likeness (QED) is 0.381. The van der Waals surface area contributed by atoms with E-state index in [0.29, 0.717) is 12.2 Å². The zero-order valence-electron chi connectivity index (χ0n) is 11.4. The zero-order chi connectivity index (χ0) is 15.6. The van der Waals surface area contributed by atoms with Crippen molar-refractivity contribution in [2.75, 3.05) is 23.0 Å². The van der Waals surface area contributed by atoms with Gasteiger partial charge in [-0.15, -0.1) is 0 Å². The fourth-order valence-electron chi connectivity index (χ4n) is 2.31. The maximum absolute atomic E-state index is 12.8. The van der Waals surface area contributed by atoms with Gasteiger partial charge in [0.25, 0.3) is 0 Å². The summed E-state index contributed by atoms with van der Waals surface area (Å²) in [7, 11) is 0. The first kappa shape index (κ1) is 15.8. The second-order valence-electron chi connectivity index (χ2n) is 4.83. The monoisotopic (exact) mass is 319 g/mol. The van der Waals surface area contributed by atoms with Crippen LogP contribution in [0.1, 0.15) is 18.1 Å². The van der Waals surface area contributed by atoms with Crippen LogP contribution in [0.4, 0.5) is 18.9 Å². The molecule has 0 aliphatic carbocycles. The van der Waals surface area contributed by atoms with Gasteiger partial charge in [0.15, 0.2) is 5.84 Å². The number of amidine groups is 1. The molecular weight excluding hydrogens is 303 g/mol. The van der Waals surface area contributed by atoms with Gasteiger partial charge in [0.1, 0.15) is 0 Å². The van der Waals surface area contributed by atoms with Gasteiger partial charge in [0, 0.05) is 35.3 Å². The molecule has 116 valence electrons. The molecule has 4 nitrogen and oxygen atoms in total. The molecule has 0 bridgehead atoms. The molecule has 1 aromatic rings. The van der Waals surface area contributed by atoms with Gasteiger partial charge in [0.05, 0.1) is 5.56 Å². The number of benzene rings is 1. The molecular formula is C13H16F3N3OS. The number of oxime groups is 1. The highest BCUT2D eigenvalue weighted by Gasteiger charge is 2.32. The molecule has 8 heteroatoms. The van der Waals surface area contributed by atoms with Gasteiger partial charge in [-0.2, -0.15) is 24.9 Å². The highest BCUT2D eigenvalue weighted by Crippen LogP contribution is 2.34. The number of nitrogens with two attached hydrogens (primary N) is 1. The van der Waals surface area contributed by atoms with E-state index in [2.05, 4.69) is 5.16 Å². The van der Waals surface area contributed by atoms with Gasteiger partial charge in [0.2, 0.25) is 0 Å². The molecule has 1 unspecified atom stereocenters. The Morgan fingerprint density at radius 1 is 1.48 bits per heavy atom. The van der Waals surface area contributed by atoms with Crippen LogP contribution in [0.2, 0.25) is 0 Å². The lowest BCUT2D eigenvalue weighted by molar-refractivity contribution is -0.137. The van der Waals surface area contributed by atoms with Crippen molar-refractivity contribution in [3.63, 3.8) is 0 Å². The molecule has 1 heterocycles. The van der Waals surface area contributed by atoms with Crippen LogP contribution < -0.4 is 10.6 Å². The average molecular weight is 319 g/mol. The van der Waals surface area contributed by atoms with E-state index in [9.17, 15) is 13.2 Å². The molecule has 2 rings (SSSR count). The van der Waals surface area contributed by atoms with Crippen molar-refractivity contribution < 1.29 is 18.4 Å². The van der Waals surface area contributed by atoms with Crippen molar-refractivity contribution in [2.24, 2.45) is 10.9 Å². The summed E-state index contributed by atoms with van der Waals surface area (Å²) in [6.45, 7) is 2.71. The molecule has 0 spiro atoms. The maximum atomic E-state index is 12.8. The predicted molar refractivity (Wildman–Crippen MR) is 78.1 cm³/mol. The lowest BCUT2D eigenvalue weighted by Gasteiger charge is -2.36. The third-order valence-corrected chi connectivity index (χ3v) is 4.57. The first-order valence-electron chi connectivity index (χ1n) is 6.38. The van der Waals surface area contributed by atoms with E-state index in [1.807, 2.05) is 11.8 Å². The lowest BCUT2D eigenvalue weighted by atomic mass is 10.0. The minimum atomic E-state index is -4.47. The molecule has 1 atom stereocenters. The van der Waals surface area contributed by atoms with Gasteiger partial charge in [-0.3, -0.25) is 0 Å². The number of alkyl halides is 3. The number of nitrogens with zero attached hydrogens (tertiary/aromatic N) is 2. The first-order valence-corrected chi connectivity index (χ1v) is 7.53. The fourth-order valence-corrected chi connectivity index (χ4v) is 3.32. The number of hydrogen-bond acceptors (Lipinski definition) is 4. The molecule has 0 amide bonds. The highest BCUT2D eigenvalue weighted by atomic mass is 32.2. The number of hydrogen-bond donors (Lipinski definition) is 2. The molecule has 0 radical (unpaired) electrons. The van der Waals surface area contributed by atoms with Crippen molar-refractivity contribution in [1.82, 2.24) is 0 Å². The van der Waals surface area contributed by atoms with Gasteiger partial charge in [-0.05, 0) is 25.1 Å². The fraction of sp³-hybridized carbons (Fsp3) is 0.462. The van der Waals surface area contributed by atoms with Crippen LogP contribution in [0.25, 0.3) is 0 Å². The summed E-state index contributed by atoms with van der Waals surface area (Å²) in [5.41, 5.74) is 5.41. The Kier molecular flexibility index (Phi) is 4.55. The molecule has 0 aromatic heterocycles. The minimum Gasteiger partial charge on any atom is -0.409 e. The van der Waals surface area contributed by atoms with Gasteiger partial charge >= 0.3 is 6.18 Å². The Balaban J connectivity index is 2.50. The third kappa shape index (κ3) is 3.37. The van der Waals surface area contributed by atoms with E-state index in [1.165, 1.54) is 6.07 Å². The summed E-state index contributed by atoms with van der Waals surface area (Å²) in [6.07, 6.45) is -4.47. The normalized spacial score (nSPS) is 20.7. The van der Waals surface area contributed by atoms with Gasteiger partial charge in [-0.25, -0.2) is 0 Å². The molecule has 21 heavy (non-hydrogen) atoms. The SMILES string of the molecule is CC1CSCCN1c1ccc(C(F)(F)F)cc1C(N)=NO. The number of thioether (sulfide) groups is 1. The molecule has 0 saturated carbocycles. The summed E-state index contributed by atoms with van der Waals surface area (Å²) in [4.78, 5) is 1.99. The number of halogens is 3. The van der Waals surface area contributed by atoms with Gasteiger partial charge < -0.3 is 15.8 Å². The number of rotatable bonds is 2. The maximum Gasteiger partial charge on any atom is 0.416 e. The summed E-state index contributed by atoms with van der Waals surface area (Å²) in [6, 6.07) is 3.52. The van der Waals surface area contributed by atoms with E-state index < -0.39 is 11.7 Å². The Hall–Kier alpha value is -1.57. The lowest BCUT2D eigenvalue weighted by Crippen LogP contribution is -2.41. The van der Waals surface area contributed by atoms with Crippen LogP contribution in [-0.2, 0) is 6.18 Å². The molecule has 1 saturated heterocycles. The van der Waals surface area contributed by atoms with Crippen molar-refractivity contribution >= 4 is 23.3 Å². The predicted octanol–water partition coefficient (Wildman–Crippen LogP) is 2.74. The topological polar surface area (TPSA) is 61.8 Å². The first-order chi connectivity index (χ1) is 9.84. The van der Waals surface area contributed by atoms with Crippen molar-refractivity contribution in [3.05, 3.63) is 29.3 Å². The average Bonchev–Trinajstić information content (AvgIpc) is 2.45. The minimum absolute atomic E-state index is 0.103. The largest absolute Gasteiger partial charge is 0.416 e. The Bertz CT molecular complexity index is 548. The van der Waals surface area contributed by atoms with E-state index in [-0.39, 0.29) is 17.4 Å². The summed E-state index contributed by atoms with van der Waals surface area (Å²) >= 11 is 1.80. The van der Waals surface area contributed by atoms with E-state index >= 15 is 0 Å².